The van der Waals surface area contributed by atoms with Gasteiger partial charge in [0.25, 0.3) is 0 Å². The van der Waals surface area contributed by atoms with E-state index in [4.69, 9.17) is 27.7 Å². The number of likely N-dealkylation sites (tertiary alicyclic amines) is 1. The number of aromatic nitrogens is 2. The maximum Gasteiger partial charge on any atom is 0.241 e. The third-order valence-corrected chi connectivity index (χ3v) is 7.74. The van der Waals surface area contributed by atoms with Crippen molar-refractivity contribution in [2.24, 2.45) is 5.92 Å². The number of nitrogens with one attached hydrogen (secondary N) is 1. The average molecular weight is 519 g/mol. The zero-order chi connectivity index (χ0) is 23.9. The fraction of sp³-hybridized carbons (Fsp3) is 0.400. The monoisotopic (exact) mass is 518 g/mol. The summed E-state index contributed by atoms with van der Waals surface area (Å²) in [4.78, 5) is 19.4. The standard InChI is InChI=1S/C25H28Cl2N4O2S/c1-17-4-2-3-5-20(17)24-29-23(33-30-24)15-31-11-8-19(9-12-31)25(32)28-10-13-34-16-18-6-7-21(26)22(27)14-18/h2-7,14,19H,8-13,15-16H2,1H3,(H,28,32). The number of amides is 1. The Morgan fingerprint density at radius 1 is 1.18 bits per heavy atom. The molecule has 0 atom stereocenters. The van der Waals surface area contributed by atoms with E-state index in [0.29, 0.717) is 34.8 Å². The SMILES string of the molecule is Cc1ccccc1-c1noc(CN2CCC(C(=O)NCCSCc3ccc(Cl)c(Cl)c3)CC2)n1. The molecule has 2 heterocycles. The van der Waals surface area contributed by atoms with Gasteiger partial charge in [-0.2, -0.15) is 16.7 Å². The van der Waals surface area contributed by atoms with E-state index in [9.17, 15) is 4.79 Å². The second-order valence-corrected chi connectivity index (χ2v) is 10.4. The maximum atomic E-state index is 12.6. The molecule has 34 heavy (non-hydrogen) atoms. The van der Waals surface area contributed by atoms with Crippen LogP contribution in [0.15, 0.2) is 47.0 Å². The summed E-state index contributed by atoms with van der Waals surface area (Å²) in [5.74, 6) is 3.13. The van der Waals surface area contributed by atoms with Gasteiger partial charge < -0.3 is 9.84 Å². The van der Waals surface area contributed by atoms with Crippen molar-refractivity contribution in [2.75, 3.05) is 25.4 Å². The minimum absolute atomic E-state index is 0.0570. The Labute approximate surface area is 214 Å². The van der Waals surface area contributed by atoms with E-state index in [2.05, 4.69) is 20.4 Å². The molecule has 1 aliphatic heterocycles. The molecule has 3 aromatic rings. The second-order valence-electron chi connectivity index (χ2n) is 8.47. The molecule has 1 amide bonds. The number of piperidine rings is 1. The molecule has 0 aliphatic carbocycles. The molecule has 180 valence electrons. The molecule has 0 unspecified atom stereocenters. The Morgan fingerprint density at radius 3 is 2.74 bits per heavy atom. The summed E-state index contributed by atoms with van der Waals surface area (Å²) >= 11 is 13.8. The molecule has 0 spiro atoms. The quantitative estimate of drug-likeness (QED) is 0.371. The van der Waals surface area contributed by atoms with Gasteiger partial charge in [-0.05, 0) is 56.1 Å². The summed E-state index contributed by atoms with van der Waals surface area (Å²) in [6.45, 7) is 4.99. The molecule has 1 aromatic heterocycles. The van der Waals surface area contributed by atoms with E-state index < -0.39 is 0 Å². The molecule has 0 radical (unpaired) electrons. The van der Waals surface area contributed by atoms with Gasteiger partial charge in [0.15, 0.2) is 0 Å². The van der Waals surface area contributed by atoms with Crippen molar-refractivity contribution in [2.45, 2.75) is 32.1 Å². The zero-order valence-electron chi connectivity index (χ0n) is 19.1. The molecule has 1 N–H and O–H groups in total. The number of carbonyl (C=O) groups is 1. The Morgan fingerprint density at radius 2 is 1.97 bits per heavy atom. The van der Waals surface area contributed by atoms with E-state index in [-0.39, 0.29) is 11.8 Å². The lowest BCUT2D eigenvalue weighted by Gasteiger charge is -2.30. The highest BCUT2D eigenvalue weighted by Gasteiger charge is 2.25. The minimum atomic E-state index is 0.0570. The lowest BCUT2D eigenvalue weighted by molar-refractivity contribution is -0.126. The summed E-state index contributed by atoms with van der Waals surface area (Å²) in [6, 6.07) is 13.7. The van der Waals surface area contributed by atoms with Crippen molar-refractivity contribution in [3.05, 3.63) is 69.5 Å². The number of nitrogens with zero attached hydrogens (tertiary/aromatic N) is 3. The van der Waals surface area contributed by atoms with Crippen LogP contribution in [0.3, 0.4) is 0 Å². The average Bonchev–Trinajstić information content (AvgIpc) is 3.30. The van der Waals surface area contributed by atoms with Crippen molar-refractivity contribution in [1.82, 2.24) is 20.4 Å². The maximum absolute atomic E-state index is 12.6. The van der Waals surface area contributed by atoms with Crippen molar-refractivity contribution in [1.29, 1.82) is 0 Å². The highest BCUT2D eigenvalue weighted by Crippen LogP contribution is 2.25. The van der Waals surface area contributed by atoms with Gasteiger partial charge in [0.2, 0.25) is 17.6 Å². The van der Waals surface area contributed by atoms with Crippen LogP contribution in [-0.2, 0) is 17.1 Å². The first-order valence-corrected chi connectivity index (χ1v) is 13.3. The normalized spacial score (nSPS) is 14.9. The first kappa shape index (κ1) is 25.0. The molecule has 1 aliphatic rings. The van der Waals surface area contributed by atoms with Crippen molar-refractivity contribution >= 4 is 40.9 Å². The largest absolute Gasteiger partial charge is 0.355 e. The van der Waals surface area contributed by atoms with E-state index in [0.717, 1.165) is 54.1 Å². The molecule has 4 rings (SSSR count). The predicted molar refractivity (Wildman–Crippen MR) is 138 cm³/mol. The fourth-order valence-corrected chi connectivity index (χ4v) is 5.13. The third-order valence-electron chi connectivity index (χ3n) is 5.97. The summed E-state index contributed by atoms with van der Waals surface area (Å²) in [5.41, 5.74) is 3.24. The number of benzene rings is 2. The van der Waals surface area contributed by atoms with Crippen molar-refractivity contribution in [3.63, 3.8) is 0 Å². The number of hydrogen-bond donors (Lipinski definition) is 1. The minimum Gasteiger partial charge on any atom is -0.355 e. The first-order chi connectivity index (χ1) is 16.5. The predicted octanol–water partition coefficient (Wildman–Crippen LogP) is 5.61. The topological polar surface area (TPSA) is 71.3 Å². The summed E-state index contributed by atoms with van der Waals surface area (Å²) in [5, 5.41) is 8.37. The van der Waals surface area contributed by atoms with Gasteiger partial charge in [-0.15, -0.1) is 0 Å². The molecule has 1 fully saturated rings. The van der Waals surface area contributed by atoms with Crippen LogP contribution in [-0.4, -0.2) is 46.3 Å². The van der Waals surface area contributed by atoms with Crippen LogP contribution in [0.5, 0.6) is 0 Å². The smallest absolute Gasteiger partial charge is 0.241 e. The van der Waals surface area contributed by atoms with E-state index in [1.54, 1.807) is 11.8 Å². The fourth-order valence-electron chi connectivity index (χ4n) is 4.01. The Kier molecular flexibility index (Phi) is 8.89. The van der Waals surface area contributed by atoms with Crippen LogP contribution in [0, 0.1) is 12.8 Å². The van der Waals surface area contributed by atoms with E-state index >= 15 is 0 Å². The van der Waals surface area contributed by atoms with Gasteiger partial charge >= 0.3 is 0 Å². The molecule has 0 bridgehead atoms. The summed E-state index contributed by atoms with van der Waals surface area (Å²) in [6.07, 6.45) is 1.67. The van der Waals surface area contributed by atoms with Crippen LogP contribution in [0.1, 0.15) is 29.9 Å². The molecular weight excluding hydrogens is 491 g/mol. The van der Waals surface area contributed by atoms with E-state index in [1.807, 2.05) is 49.4 Å². The van der Waals surface area contributed by atoms with Gasteiger partial charge in [-0.25, -0.2) is 0 Å². The Bertz CT molecular complexity index is 1120. The van der Waals surface area contributed by atoms with Crippen LogP contribution >= 0.6 is 35.0 Å². The van der Waals surface area contributed by atoms with Gasteiger partial charge in [0, 0.05) is 29.5 Å². The van der Waals surface area contributed by atoms with Crippen molar-refractivity contribution in [3.8, 4) is 11.4 Å². The van der Waals surface area contributed by atoms with Crippen molar-refractivity contribution < 1.29 is 9.32 Å². The highest BCUT2D eigenvalue weighted by atomic mass is 35.5. The highest BCUT2D eigenvalue weighted by molar-refractivity contribution is 7.98. The number of thioether (sulfide) groups is 1. The van der Waals surface area contributed by atoms with E-state index in [1.165, 1.54) is 0 Å². The molecule has 6 nitrogen and oxygen atoms in total. The number of halogens is 2. The second kappa shape index (κ2) is 12.1. The van der Waals surface area contributed by atoms with Gasteiger partial charge in [0.05, 0.1) is 16.6 Å². The number of carbonyl (C=O) groups excluding carboxylic acids is 1. The molecule has 0 saturated carbocycles. The molecule has 9 heteroatoms. The zero-order valence-corrected chi connectivity index (χ0v) is 21.4. The number of rotatable bonds is 9. The Hall–Kier alpha value is -2.06. The van der Waals surface area contributed by atoms with Crippen LogP contribution < -0.4 is 5.32 Å². The van der Waals surface area contributed by atoms with Gasteiger partial charge in [0.1, 0.15) is 0 Å². The summed E-state index contributed by atoms with van der Waals surface area (Å²) < 4.78 is 5.47. The van der Waals surface area contributed by atoms with Crippen LogP contribution in [0.2, 0.25) is 10.0 Å². The van der Waals surface area contributed by atoms with Gasteiger partial charge in [-0.1, -0.05) is 58.7 Å². The Balaban J connectivity index is 1.14. The molecule has 1 saturated heterocycles. The first-order valence-electron chi connectivity index (χ1n) is 11.4. The summed E-state index contributed by atoms with van der Waals surface area (Å²) in [7, 11) is 0. The lowest BCUT2D eigenvalue weighted by Crippen LogP contribution is -2.40. The number of aryl methyl sites for hydroxylation is 1. The van der Waals surface area contributed by atoms with Crippen LogP contribution in [0.4, 0.5) is 0 Å². The molecular formula is C25H28Cl2N4O2S. The molecule has 2 aromatic carbocycles. The van der Waals surface area contributed by atoms with Crippen LogP contribution in [0.25, 0.3) is 11.4 Å². The van der Waals surface area contributed by atoms with Gasteiger partial charge in [-0.3, -0.25) is 9.69 Å². The third kappa shape index (κ3) is 6.75. The number of hydrogen-bond acceptors (Lipinski definition) is 6. The lowest BCUT2D eigenvalue weighted by atomic mass is 9.96.